The second-order valence-corrected chi connectivity index (χ2v) is 1.07. The molecule has 0 aromatic heterocycles. The largest absolute Gasteiger partial charge is 0.243 e. The summed E-state index contributed by atoms with van der Waals surface area (Å²) >= 11 is 0. The van der Waals surface area contributed by atoms with Crippen molar-refractivity contribution in [2.45, 2.75) is 6.92 Å². The van der Waals surface area contributed by atoms with Crippen LogP contribution in [0, 0.1) is 0 Å². The first-order valence-corrected chi connectivity index (χ1v) is 1.75. The van der Waals surface area contributed by atoms with Crippen LogP contribution in [0.15, 0.2) is 11.7 Å². The molecule has 0 aliphatic carbocycles. The molecule has 0 aromatic carbocycles. The van der Waals surface area contributed by atoms with Crippen LogP contribution in [-0.4, -0.2) is 6.67 Å². The molecule has 0 nitrogen and oxygen atoms in total. The van der Waals surface area contributed by atoms with Crippen molar-refractivity contribution < 1.29 is 13.2 Å². The van der Waals surface area contributed by atoms with Crippen molar-refractivity contribution in [3.05, 3.63) is 11.7 Å². The molecule has 7 heavy (non-hydrogen) atoms. The first-order valence-electron chi connectivity index (χ1n) is 1.75. The molecule has 0 heterocycles. The summed E-state index contributed by atoms with van der Waals surface area (Å²) in [5.41, 5.74) is 0. The second-order valence-electron chi connectivity index (χ2n) is 1.07. The normalized spacial score (nSPS) is 13.7. The van der Waals surface area contributed by atoms with Gasteiger partial charge in [-0.25, -0.2) is 13.2 Å². The molecule has 0 spiro atoms. The summed E-state index contributed by atoms with van der Waals surface area (Å²) in [7, 11) is 0. The van der Waals surface area contributed by atoms with Gasteiger partial charge in [-0.1, -0.05) is 0 Å². The van der Waals surface area contributed by atoms with Gasteiger partial charge in [0.05, 0.1) is 0 Å². The lowest BCUT2D eigenvalue weighted by molar-refractivity contribution is 0.429. The molecule has 0 aliphatic heterocycles. The van der Waals surface area contributed by atoms with E-state index in [2.05, 4.69) is 0 Å². The molecule has 0 fully saturated rings. The van der Waals surface area contributed by atoms with Gasteiger partial charge >= 0.3 is 0 Å². The highest BCUT2D eigenvalue weighted by Gasteiger charge is 1.96. The fourth-order valence-electron chi connectivity index (χ4n) is 0.0921. The molecular weight excluding hydrogens is 105 g/mol. The zero-order valence-corrected chi connectivity index (χ0v) is 3.84. The molecule has 0 saturated heterocycles. The summed E-state index contributed by atoms with van der Waals surface area (Å²) < 4.78 is 33.7. The molecule has 0 radical (unpaired) electrons. The van der Waals surface area contributed by atoms with E-state index in [0.717, 1.165) is 6.92 Å². The third-order valence-corrected chi connectivity index (χ3v) is 0.491. The van der Waals surface area contributed by atoms with Crippen LogP contribution in [0.2, 0.25) is 0 Å². The van der Waals surface area contributed by atoms with Crippen LogP contribution in [0.5, 0.6) is 0 Å². The zero-order chi connectivity index (χ0) is 5.86. The Morgan fingerprint density at radius 3 is 1.86 bits per heavy atom. The van der Waals surface area contributed by atoms with Crippen LogP contribution < -0.4 is 0 Å². The molecule has 0 aromatic rings. The van der Waals surface area contributed by atoms with E-state index in [1.54, 1.807) is 0 Å². The van der Waals surface area contributed by atoms with Gasteiger partial charge in [0.2, 0.25) is 0 Å². The van der Waals surface area contributed by atoms with E-state index in [4.69, 9.17) is 0 Å². The summed E-state index contributed by atoms with van der Waals surface area (Å²) in [5, 5.41) is 0. The Morgan fingerprint density at radius 1 is 1.43 bits per heavy atom. The molecule has 0 bridgehead atoms. The van der Waals surface area contributed by atoms with Gasteiger partial charge in [-0.15, -0.1) is 0 Å². The van der Waals surface area contributed by atoms with E-state index >= 15 is 0 Å². The van der Waals surface area contributed by atoms with Crippen LogP contribution >= 0.6 is 0 Å². The Bertz CT molecular complexity index is 80.9. The molecule has 42 valence electrons. The van der Waals surface area contributed by atoms with Gasteiger partial charge in [-0.05, 0) is 6.92 Å². The number of hydrogen-bond donors (Lipinski definition) is 0. The smallest absolute Gasteiger partial charge is 0.162 e. The lowest BCUT2D eigenvalue weighted by atomic mass is 10.5. The SMILES string of the molecule is C/C(F)=C(\F)CF. The lowest BCUT2D eigenvalue weighted by Crippen LogP contribution is -1.76. The number of halogens is 3. The van der Waals surface area contributed by atoms with Gasteiger partial charge in [0.1, 0.15) is 12.5 Å². The topological polar surface area (TPSA) is 0 Å². The van der Waals surface area contributed by atoms with E-state index in [0.29, 0.717) is 0 Å². The zero-order valence-electron chi connectivity index (χ0n) is 3.84. The minimum atomic E-state index is -1.34. The van der Waals surface area contributed by atoms with Crippen molar-refractivity contribution in [2.75, 3.05) is 6.67 Å². The average molecular weight is 110 g/mol. The van der Waals surface area contributed by atoms with Crippen LogP contribution in [0.4, 0.5) is 13.2 Å². The Morgan fingerprint density at radius 2 is 1.86 bits per heavy atom. The fraction of sp³-hybridized carbons (Fsp3) is 0.500. The lowest BCUT2D eigenvalue weighted by Gasteiger charge is -1.83. The van der Waals surface area contributed by atoms with Crippen LogP contribution in [0.25, 0.3) is 0 Å². The van der Waals surface area contributed by atoms with Crippen molar-refractivity contribution in [1.29, 1.82) is 0 Å². The molecule has 0 unspecified atom stereocenters. The highest BCUT2D eigenvalue weighted by Crippen LogP contribution is 2.05. The summed E-state index contributed by atoms with van der Waals surface area (Å²) in [5.74, 6) is -2.40. The maximum Gasteiger partial charge on any atom is 0.162 e. The quantitative estimate of drug-likeness (QED) is 0.485. The van der Waals surface area contributed by atoms with Crippen molar-refractivity contribution in [3.63, 3.8) is 0 Å². The van der Waals surface area contributed by atoms with Crippen molar-refractivity contribution in [1.82, 2.24) is 0 Å². The summed E-state index contributed by atoms with van der Waals surface area (Å²) in [6.07, 6.45) is 0. The number of allylic oxidation sites excluding steroid dienone is 2. The first-order chi connectivity index (χ1) is 3.18. The molecule has 0 aliphatic rings. The van der Waals surface area contributed by atoms with Gasteiger partial charge < -0.3 is 0 Å². The van der Waals surface area contributed by atoms with Gasteiger partial charge in [-0.3, -0.25) is 0 Å². The molecule has 0 rings (SSSR count). The van der Waals surface area contributed by atoms with E-state index in [9.17, 15) is 13.2 Å². The maximum absolute atomic E-state index is 11.4. The molecule has 0 atom stereocenters. The van der Waals surface area contributed by atoms with Crippen molar-refractivity contribution in [2.24, 2.45) is 0 Å². The van der Waals surface area contributed by atoms with Crippen molar-refractivity contribution >= 4 is 0 Å². The number of hydrogen-bond acceptors (Lipinski definition) is 0. The van der Waals surface area contributed by atoms with E-state index in [1.807, 2.05) is 0 Å². The Labute approximate surface area is 39.6 Å². The predicted octanol–water partition coefficient (Wildman–Crippen LogP) is 2.13. The third-order valence-electron chi connectivity index (χ3n) is 0.491. The Kier molecular flexibility index (Phi) is 2.48. The van der Waals surface area contributed by atoms with E-state index < -0.39 is 18.3 Å². The molecular formula is C4H5F3. The van der Waals surface area contributed by atoms with Gasteiger partial charge in [0, 0.05) is 0 Å². The highest BCUT2D eigenvalue weighted by atomic mass is 19.2. The minimum absolute atomic E-state index is 0.870. The molecule has 0 saturated carbocycles. The maximum atomic E-state index is 11.4. The monoisotopic (exact) mass is 110 g/mol. The van der Waals surface area contributed by atoms with Gasteiger partial charge in [0.15, 0.2) is 5.83 Å². The average Bonchev–Trinajstić information content (AvgIpc) is 1.65. The summed E-state index contributed by atoms with van der Waals surface area (Å²) in [4.78, 5) is 0. The summed E-state index contributed by atoms with van der Waals surface area (Å²) in [6, 6.07) is 0. The van der Waals surface area contributed by atoms with Gasteiger partial charge in [0.25, 0.3) is 0 Å². The molecule has 0 N–H and O–H groups in total. The Hall–Kier alpha value is -0.470. The predicted molar refractivity (Wildman–Crippen MR) is 20.9 cm³/mol. The summed E-state index contributed by atoms with van der Waals surface area (Å²) in [6.45, 7) is -0.475. The standard InChI is InChI=1S/C4H5F3/c1-3(6)4(7)2-5/h2H2,1H3/b4-3+. The van der Waals surface area contributed by atoms with Crippen molar-refractivity contribution in [3.8, 4) is 0 Å². The van der Waals surface area contributed by atoms with Gasteiger partial charge in [-0.2, -0.15) is 0 Å². The van der Waals surface area contributed by atoms with Crippen LogP contribution in [-0.2, 0) is 0 Å². The highest BCUT2D eigenvalue weighted by molar-refractivity contribution is 4.95. The van der Waals surface area contributed by atoms with Crippen LogP contribution in [0.3, 0.4) is 0 Å². The number of rotatable bonds is 1. The van der Waals surface area contributed by atoms with E-state index in [1.165, 1.54) is 0 Å². The first kappa shape index (κ1) is 6.53. The van der Waals surface area contributed by atoms with Crippen LogP contribution in [0.1, 0.15) is 6.92 Å². The third kappa shape index (κ3) is 2.25. The second kappa shape index (κ2) is 2.66. The number of alkyl halides is 1. The van der Waals surface area contributed by atoms with E-state index in [-0.39, 0.29) is 0 Å². The molecule has 3 heteroatoms. The fourth-order valence-corrected chi connectivity index (χ4v) is 0.0921. The Balaban J connectivity index is 3.72. The minimum Gasteiger partial charge on any atom is -0.243 e. The molecule has 0 amide bonds.